The van der Waals surface area contributed by atoms with Crippen molar-refractivity contribution in [3.63, 3.8) is 0 Å². The normalized spacial score (nSPS) is 27.1. The number of aromatic nitrogens is 2. The Morgan fingerprint density at radius 3 is 2.64 bits per heavy atom. The van der Waals surface area contributed by atoms with Crippen LogP contribution < -0.4 is 10.1 Å². The first-order chi connectivity index (χ1) is 22.0. The number of nitrogens with zero attached hydrogens (tertiary/aromatic N) is 5. The fourth-order valence-corrected chi connectivity index (χ4v) is 7.47. The van der Waals surface area contributed by atoms with Gasteiger partial charge in [0.25, 0.3) is 5.91 Å². The van der Waals surface area contributed by atoms with Crippen LogP contribution in [0.3, 0.4) is 0 Å². The van der Waals surface area contributed by atoms with Crippen molar-refractivity contribution in [3.8, 4) is 5.88 Å². The third-order valence-corrected chi connectivity index (χ3v) is 10.1. The number of hydrogen-bond donors (Lipinski definition) is 1. The van der Waals surface area contributed by atoms with Crippen LogP contribution in [-0.2, 0) is 20.9 Å². The first-order valence-electron chi connectivity index (χ1n) is 16.6. The molecular formula is C34H46N6O5. The summed E-state index contributed by atoms with van der Waals surface area (Å²) in [4.78, 5) is 55.2. The molecule has 0 aromatic carbocycles. The van der Waals surface area contributed by atoms with Crippen molar-refractivity contribution in [3.05, 3.63) is 54.0 Å². The second kappa shape index (κ2) is 15.1. The maximum atomic E-state index is 13.9. The van der Waals surface area contributed by atoms with E-state index in [1.54, 1.807) is 24.4 Å². The van der Waals surface area contributed by atoms with Crippen LogP contribution in [-0.4, -0.2) is 108 Å². The van der Waals surface area contributed by atoms with Gasteiger partial charge in [-0.3, -0.25) is 24.3 Å². The van der Waals surface area contributed by atoms with Crippen LogP contribution >= 0.6 is 0 Å². The van der Waals surface area contributed by atoms with Crippen molar-refractivity contribution in [2.24, 2.45) is 23.7 Å². The lowest BCUT2D eigenvalue weighted by Gasteiger charge is -2.42. The Balaban J connectivity index is 1.17. The molecule has 6 rings (SSSR count). The molecule has 6 heterocycles. The zero-order valence-electron chi connectivity index (χ0n) is 26.1. The second-order valence-electron chi connectivity index (χ2n) is 13.0. The van der Waals surface area contributed by atoms with Gasteiger partial charge in [-0.2, -0.15) is 0 Å². The highest BCUT2D eigenvalue weighted by Crippen LogP contribution is 2.34. The average molecular weight is 619 g/mol. The van der Waals surface area contributed by atoms with Gasteiger partial charge in [0.2, 0.25) is 17.7 Å². The third-order valence-electron chi connectivity index (χ3n) is 10.1. The largest absolute Gasteiger partial charge is 0.478 e. The van der Waals surface area contributed by atoms with Crippen LogP contribution in [0.5, 0.6) is 5.88 Å². The minimum Gasteiger partial charge on any atom is -0.478 e. The molecule has 4 aliphatic heterocycles. The van der Waals surface area contributed by atoms with Crippen molar-refractivity contribution in [2.75, 3.05) is 65.6 Å². The summed E-state index contributed by atoms with van der Waals surface area (Å²) in [6.07, 6.45) is 7.95. The van der Waals surface area contributed by atoms with Crippen LogP contribution in [0.1, 0.15) is 54.6 Å². The van der Waals surface area contributed by atoms with Crippen LogP contribution in [0.25, 0.3) is 0 Å². The molecule has 4 bridgehead atoms. The van der Waals surface area contributed by atoms with E-state index in [9.17, 15) is 14.4 Å². The topological polar surface area (TPSA) is 117 Å². The van der Waals surface area contributed by atoms with Gasteiger partial charge in [0.1, 0.15) is 5.69 Å². The zero-order chi connectivity index (χ0) is 31.0. The molecule has 0 spiro atoms. The summed E-state index contributed by atoms with van der Waals surface area (Å²) in [6, 6.07) is 9.34. The molecule has 3 amide bonds. The predicted octanol–water partition coefficient (Wildman–Crippen LogP) is 2.62. The van der Waals surface area contributed by atoms with Crippen LogP contribution in [0, 0.1) is 23.7 Å². The van der Waals surface area contributed by atoms with Gasteiger partial charge in [0, 0.05) is 77.1 Å². The minimum atomic E-state index is -0.218. The Hall–Kier alpha value is -3.57. The Labute approximate surface area is 265 Å². The van der Waals surface area contributed by atoms with E-state index >= 15 is 0 Å². The lowest BCUT2D eigenvalue weighted by Crippen LogP contribution is -2.48. The first kappa shape index (κ1) is 31.4. The number of nitrogens with one attached hydrogen (secondary N) is 1. The molecule has 1 N–H and O–H groups in total. The standard InChI is InChI=1S/C34H46N6O5/c41-32(39-14-17-44-18-15-39)19-27-8-13-40-24-29(27)9-16-45-31-5-1-4-30(37-31)34(43)36-11-6-28-23-38(12-7-26(28)20-33(40)42)22-25-3-2-10-35-21-25/h1-5,10,21,26-29H,6-9,11-20,22-24H2,(H,36,43)/t26-,27-,28-,29-/m0/s1. The number of likely N-dealkylation sites (tertiary alicyclic amines) is 1. The van der Waals surface area contributed by atoms with Crippen LogP contribution in [0.15, 0.2) is 42.7 Å². The highest BCUT2D eigenvalue weighted by molar-refractivity contribution is 5.92. The summed E-state index contributed by atoms with van der Waals surface area (Å²) < 4.78 is 11.5. The van der Waals surface area contributed by atoms with Gasteiger partial charge >= 0.3 is 0 Å². The number of morpholine rings is 1. The Morgan fingerprint density at radius 1 is 0.911 bits per heavy atom. The number of hydrogen-bond acceptors (Lipinski definition) is 8. The first-order valence-corrected chi connectivity index (χ1v) is 16.6. The van der Waals surface area contributed by atoms with Gasteiger partial charge in [0.05, 0.1) is 19.8 Å². The molecule has 0 unspecified atom stereocenters. The predicted molar refractivity (Wildman–Crippen MR) is 167 cm³/mol. The molecule has 0 saturated carbocycles. The van der Waals surface area contributed by atoms with E-state index < -0.39 is 0 Å². The molecule has 3 saturated heterocycles. The molecule has 11 nitrogen and oxygen atoms in total. The van der Waals surface area contributed by atoms with E-state index in [4.69, 9.17) is 9.47 Å². The highest BCUT2D eigenvalue weighted by Gasteiger charge is 2.37. The fraction of sp³-hybridized carbons (Fsp3) is 0.618. The third kappa shape index (κ3) is 8.38. The number of piperidine rings is 2. The molecular weight excluding hydrogens is 572 g/mol. The van der Waals surface area contributed by atoms with Crippen molar-refractivity contribution in [1.29, 1.82) is 0 Å². The Bertz CT molecular complexity index is 1300. The van der Waals surface area contributed by atoms with Gasteiger partial charge in [0.15, 0.2) is 0 Å². The van der Waals surface area contributed by atoms with E-state index in [0.717, 1.165) is 38.9 Å². The second-order valence-corrected chi connectivity index (χ2v) is 13.0. The van der Waals surface area contributed by atoms with Crippen molar-refractivity contribution < 1.29 is 23.9 Å². The highest BCUT2D eigenvalue weighted by atomic mass is 16.5. The number of fused-ring (bicyclic) bond motifs is 5. The van der Waals surface area contributed by atoms with E-state index in [0.29, 0.717) is 83.4 Å². The summed E-state index contributed by atoms with van der Waals surface area (Å²) in [5.41, 5.74) is 1.52. The number of carbonyl (C=O) groups is 3. The zero-order valence-corrected chi connectivity index (χ0v) is 26.1. The van der Waals surface area contributed by atoms with Crippen molar-refractivity contribution in [2.45, 2.75) is 45.1 Å². The van der Waals surface area contributed by atoms with Gasteiger partial charge in [-0.25, -0.2) is 4.98 Å². The SMILES string of the molecule is O=C1NCC[C@H]2CN(Cc3cccnc3)CC[C@H]2CC(=O)N2CC[C@@H](CC(=O)N3CCOCC3)[C@@H](CCOc3cccc1n3)C2. The summed E-state index contributed by atoms with van der Waals surface area (Å²) in [5, 5.41) is 3.06. The summed E-state index contributed by atoms with van der Waals surface area (Å²) >= 11 is 0. The molecule has 2 aromatic rings. The lowest BCUT2D eigenvalue weighted by atomic mass is 9.79. The van der Waals surface area contributed by atoms with E-state index in [-0.39, 0.29) is 41.4 Å². The number of pyridine rings is 2. The van der Waals surface area contributed by atoms with E-state index in [2.05, 4.69) is 26.3 Å². The molecule has 11 heteroatoms. The van der Waals surface area contributed by atoms with Gasteiger partial charge < -0.3 is 24.6 Å². The Kier molecular flexibility index (Phi) is 10.6. The smallest absolute Gasteiger partial charge is 0.270 e. The van der Waals surface area contributed by atoms with Crippen LogP contribution in [0.4, 0.5) is 0 Å². The van der Waals surface area contributed by atoms with E-state index in [1.807, 2.05) is 22.1 Å². The van der Waals surface area contributed by atoms with Gasteiger partial charge in [-0.15, -0.1) is 0 Å². The molecule has 2 aromatic heterocycles. The minimum absolute atomic E-state index is 0.145. The fourth-order valence-electron chi connectivity index (χ4n) is 7.47. The number of rotatable bonds is 4. The number of carbonyl (C=O) groups excluding carboxylic acids is 3. The number of amides is 3. The molecule has 45 heavy (non-hydrogen) atoms. The van der Waals surface area contributed by atoms with Gasteiger partial charge in [-0.1, -0.05) is 12.1 Å². The quantitative estimate of drug-likeness (QED) is 0.556. The molecule has 4 atom stereocenters. The van der Waals surface area contributed by atoms with Crippen molar-refractivity contribution in [1.82, 2.24) is 30.0 Å². The van der Waals surface area contributed by atoms with E-state index in [1.165, 1.54) is 5.56 Å². The van der Waals surface area contributed by atoms with Crippen LogP contribution in [0.2, 0.25) is 0 Å². The van der Waals surface area contributed by atoms with Gasteiger partial charge in [-0.05, 0) is 73.6 Å². The monoisotopic (exact) mass is 618 g/mol. The molecule has 3 fully saturated rings. The molecule has 0 aliphatic carbocycles. The maximum absolute atomic E-state index is 13.9. The lowest BCUT2D eigenvalue weighted by molar-refractivity contribution is -0.139. The average Bonchev–Trinajstić information content (AvgIpc) is 3.07. The number of ether oxygens (including phenoxy) is 2. The molecule has 4 aliphatic rings. The summed E-state index contributed by atoms with van der Waals surface area (Å²) in [7, 11) is 0. The summed E-state index contributed by atoms with van der Waals surface area (Å²) in [5.74, 6) is 1.43. The Morgan fingerprint density at radius 2 is 1.80 bits per heavy atom. The molecule has 242 valence electrons. The summed E-state index contributed by atoms with van der Waals surface area (Å²) in [6.45, 7) is 7.33. The maximum Gasteiger partial charge on any atom is 0.270 e. The van der Waals surface area contributed by atoms with Crippen molar-refractivity contribution >= 4 is 17.7 Å². The molecule has 0 radical (unpaired) electrons.